The largest absolute Gasteiger partial charge is 0.310 e. The highest BCUT2D eigenvalue weighted by atomic mass is 15.1. The van der Waals surface area contributed by atoms with Crippen molar-refractivity contribution < 1.29 is 0 Å². The van der Waals surface area contributed by atoms with Crippen LogP contribution in [0.15, 0.2) is 224 Å². The van der Waals surface area contributed by atoms with Gasteiger partial charge in [-0.3, -0.25) is 0 Å². The molecule has 9 aromatic carbocycles. The molecule has 0 atom stereocenters. The number of nitrogens with zero attached hydrogens (tertiary/aromatic N) is 1. The summed E-state index contributed by atoms with van der Waals surface area (Å²) in [6.07, 6.45) is 0. The minimum absolute atomic E-state index is 0.107. The Morgan fingerprint density at radius 3 is 1.25 bits per heavy atom. The predicted octanol–water partition coefficient (Wildman–Crippen LogP) is 15.2. The van der Waals surface area contributed by atoms with Crippen LogP contribution >= 0.6 is 0 Å². The predicted molar refractivity (Wildman–Crippen MR) is 247 cm³/mol. The molecule has 0 spiro atoms. The zero-order valence-electron chi connectivity index (χ0n) is 33.3. The van der Waals surface area contributed by atoms with Crippen LogP contribution in [0.3, 0.4) is 0 Å². The Kier molecular flexibility index (Phi) is 8.13. The van der Waals surface area contributed by atoms with Crippen LogP contribution < -0.4 is 4.90 Å². The number of benzene rings is 9. The second-order valence-electron chi connectivity index (χ2n) is 16.4. The molecule has 9 aromatic rings. The zero-order chi connectivity index (χ0) is 39.6. The van der Waals surface area contributed by atoms with Crippen LogP contribution in [0, 0.1) is 0 Å². The summed E-state index contributed by atoms with van der Waals surface area (Å²) in [5.41, 5.74) is 20.8. The average molecular weight is 754 g/mol. The van der Waals surface area contributed by atoms with Gasteiger partial charge in [-0.05, 0) is 114 Å². The zero-order valence-corrected chi connectivity index (χ0v) is 33.3. The van der Waals surface area contributed by atoms with Gasteiger partial charge in [-0.15, -0.1) is 0 Å². The van der Waals surface area contributed by atoms with Crippen molar-refractivity contribution in [2.24, 2.45) is 0 Å². The van der Waals surface area contributed by atoms with Crippen molar-refractivity contribution in [3.8, 4) is 44.5 Å². The molecule has 0 aromatic heterocycles. The standard InChI is InChI=1S/C58H43N/c1-57(2)52-25-13-10-22-48(52)51-38-37-46(39-56(51)57)59(44-33-29-41(30-34-44)40-17-5-3-6-18-40)45-35-31-42(32-36-45)47-21-9-14-26-53(47)58(43-19-7-4-8-20-43)54-27-15-11-23-49(54)50-24-12-16-28-55(50)58/h3-39H,1-2H3. The SMILES string of the molecule is CC1(C)c2ccccc2-c2ccc(N(c3ccc(-c4ccccc4)cc3)c3ccc(-c4ccccc4C4(c5ccccc5)c5ccccc5-c5ccccc54)cc3)cc21. The summed E-state index contributed by atoms with van der Waals surface area (Å²) in [4.78, 5) is 2.42. The Morgan fingerprint density at radius 2 is 0.678 bits per heavy atom. The monoisotopic (exact) mass is 753 g/mol. The van der Waals surface area contributed by atoms with Crippen molar-refractivity contribution in [1.29, 1.82) is 0 Å². The van der Waals surface area contributed by atoms with E-state index in [1.807, 2.05) is 0 Å². The normalized spacial score (nSPS) is 13.9. The fourth-order valence-corrected chi connectivity index (χ4v) is 10.2. The van der Waals surface area contributed by atoms with Gasteiger partial charge in [0.2, 0.25) is 0 Å². The number of anilines is 3. The summed E-state index contributed by atoms with van der Waals surface area (Å²) in [7, 11) is 0. The number of rotatable bonds is 7. The maximum Gasteiger partial charge on any atom is 0.0719 e. The Balaban J connectivity index is 1.06. The first-order chi connectivity index (χ1) is 29.0. The molecule has 2 aliphatic rings. The van der Waals surface area contributed by atoms with Gasteiger partial charge in [-0.1, -0.05) is 202 Å². The van der Waals surface area contributed by atoms with Crippen LogP contribution in [0.2, 0.25) is 0 Å². The van der Waals surface area contributed by atoms with E-state index in [-0.39, 0.29) is 5.41 Å². The lowest BCUT2D eigenvalue weighted by atomic mass is 9.66. The van der Waals surface area contributed by atoms with Crippen molar-refractivity contribution in [2.75, 3.05) is 4.90 Å². The van der Waals surface area contributed by atoms with Crippen LogP contribution in [0.5, 0.6) is 0 Å². The van der Waals surface area contributed by atoms with Crippen molar-refractivity contribution >= 4 is 17.1 Å². The van der Waals surface area contributed by atoms with Gasteiger partial charge in [0.15, 0.2) is 0 Å². The van der Waals surface area contributed by atoms with Crippen molar-refractivity contribution in [3.05, 3.63) is 258 Å². The van der Waals surface area contributed by atoms with Gasteiger partial charge in [-0.25, -0.2) is 0 Å². The summed E-state index contributed by atoms with van der Waals surface area (Å²) in [5, 5.41) is 0. The van der Waals surface area contributed by atoms with Crippen LogP contribution in [0.1, 0.15) is 47.2 Å². The van der Waals surface area contributed by atoms with E-state index < -0.39 is 5.41 Å². The average Bonchev–Trinajstić information content (AvgIpc) is 3.73. The lowest BCUT2D eigenvalue weighted by molar-refractivity contribution is 0.660. The number of hydrogen-bond acceptors (Lipinski definition) is 1. The van der Waals surface area contributed by atoms with Gasteiger partial charge in [-0.2, -0.15) is 0 Å². The molecule has 0 saturated carbocycles. The first-order valence-electron chi connectivity index (χ1n) is 20.7. The van der Waals surface area contributed by atoms with Gasteiger partial charge in [0.25, 0.3) is 0 Å². The smallest absolute Gasteiger partial charge is 0.0719 e. The van der Waals surface area contributed by atoms with E-state index in [1.54, 1.807) is 0 Å². The minimum Gasteiger partial charge on any atom is -0.310 e. The molecular formula is C58H43N. The quantitative estimate of drug-likeness (QED) is 0.157. The lowest BCUT2D eigenvalue weighted by Crippen LogP contribution is -2.29. The molecule has 11 rings (SSSR count). The third kappa shape index (κ3) is 5.39. The summed E-state index contributed by atoms with van der Waals surface area (Å²) in [6, 6.07) is 82.9. The number of fused-ring (bicyclic) bond motifs is 6. The van der Waals surface area contributed by atoms with Crippen molar-refractivity contribution in [1.82, 2.24) is 0 Å². The van der Waals surface area contributed by atoms with E-state index >= 15 is 0 Å². The Bertz CT molecular complexity index is 2950. The lowest BCUT2D eigenvalue weighted by Gasteiger charge is -2.35. The maximum atomic E-state index is 2.42. The summed E-state index contributed by atoms with van der Waals surface area (Å²) < 4.78 is 0. The highest BCUT2D eigenvalue weighted by molar-refractivity contribution is 5.90. The molecule has 0 heterocycles. The van der Waals surface area contributed by atoms with E-state index in [4.69, 9.17) is 0 Å². The van der Waals surface area contributed by atoms with E-state index in [1.165, 1.54) is 77.9 Å². The van der Waals surface area contributed by atoms with E-state index in [0.717, 1.165) is 17.1 Å². The third-order valence-corrected chi connectivity index (χ3v) is 13.0. The molecular weight excluding hydrogens is 711 g/mol. The van der Waals surface area contributed by atoms with Crippen molar-refractivity contribution in [2.45, 2.75) is 24.7 Å². The molecule has 0 N–H and O–H groups in total. The Hall–Kier alpha value is -7.22. The molecule has 1 heteroatoms. The molecule has 0 fully saturated rings. The van der Waals surface area contributed by atoms with Gasteiger partial charge in [0.05, 0.1) is 5.41 Å². The molecule has 280 valence electrons. The molecule has 0 amide bonds. The first kappa shape index (κ1) is 35.0. The number of hydrogen-bond donors (Lipinski definition) is 0. The molecule has 1 nitrogen and oxygen atoms in total. The summed E-state index contributed by atoms with van der Waals surface area (Å²) in [6.45, 7) is 4.71. The third-order valence-electron chi connectivity index (χ3n) is 13.0. The van der Waals surface area contributed by atoms with Crippen molar-refractivity contribution in [3.63, 3.8) is 0 Å². The maximum absolute atomic E-state index is 2.42. The first-order valence-corrected chi connectivity index (χ1v) is 20.7. The van der Waals surface area contributed by atoms with Gasteiger partial charge in [0, 0.05) is 22.5 Å². The minimum atomic E-state index is -0.481. The highest BCUT2D eigenvalue weighted by Gasteiger charge is 2.47. The van der Waals surface area contributed by atoms with Crippen LogP contribution in [0.25, 0.3) is 44.5 Å². The second-order valence-corrected chi connectivity index (χ2v) is 16.4. The highest BCUT2D eigenvalue weighted by Crippen LogP contribution is 2.58. The summed E-state index contributed by atoms with van der Waals surface area (Å²) >= 11 is 0. The molecule has 0 radical (unpaired) electrons. The van der Waals surface area contributed by atoms with E-state index in [9.17, 15) is 0 Å². The molecule has 0 saturated heterocycles. The van der Waals surface area contributed by atoms with Crippen LogP contribution in [0.4, 0.5) is 17.1 Å². The van der Waals surface area contributed by atoms with E-state index in [0.29, 0.717) is 0 Å². The Labute approximate surface area is 347 Å². The Morgan fingerprint density at radius 1 is 0.288 bits per heavy atom. The molecule has 2 aliphatic carbocycles. The van der Waals surface area contributed by atoms with Gasteiger partial charge in [0.1, 0.15) is 0 Å². The fraction of sp³-hybridized carbons (Fsp3) is 0.0690. The molecule has 0 bridgehead atoms. The van der Waals surface area contributed by atoms with Gasteiger partial charge < -0.3 is 4.90 Å². The topological polar surface area (TPSA) is 3.24 Å². The second kappa shape index (κ2) is 13.7. The summed E-state index contributed by atoms with van der Waals surface area (Å²) in [5.74, 6) is 0. The van der Waals surface area contributed by atoms with Crippen LogP contribution in [-0.4, -0.2) is 0 Å². The molecule has 0 unspecified atom stereocenters. The van der Waals surface area contributed by atoms with Crippen LogP contribution in [-0.2, 0) is 10.8 Å². The fourth-order valence-electron chi connectivity index (χ4n) is 10.2. The van der Waals surface area contributed by atoms with Gasteiger partial charge >= 0.3 is 0 Å². The molecule has 59 heavy (non-hydrogen) atoms. The molecule has 0 aliphatic heterocycles. The van der Waals surface area contributed by atoms with E-state index in [2.05, 4.69) is 243 Å².